The van der Waals surface area contributed by atoms with Gasteiger partial charge in [0.15, 0.2) is 0 Å². The number of allylic oxidation sites excluding steroid dienone is 3. The first-order chi connectivity index (χ1) is 21.1. The molecule has 0 saturated heterocycles. The number of carbonyl (C=O) groups is 3. The van der Waals surface area contributed by atoms with Gasteiger partial charge in [-0.25, -0.2) is 4.79 Å². The molecule has 2 amide bonds. The number of rotatable bonds is 15. The van der Waals surface area contributed by atoms with Gasteiger partial charge < -0.3 is 30.0 Å². The Kier molecular flexibility index (Phi) is 13.8. The third-order valence-corrected chi connectivity index (χ3v) is 8.92. The SMILES string of the molecule is CCNC(=O)OC(CCC1C(C)C=CC2=CC(C)CC(OC(=O)C(C)CC)[C@@H]21)CC(O)CC(=O)NCc1ccccc1OC. The van der Waals surface area contributed by atoms with E-state index in [-0.39, 0.29) is 61.0 Å². The monoisotopic (exact) mass is 612 g/mol. The molecule has 0 radical (unpaired) electrons. The summed E-state index contributed by atoms with van der Waals surface area (Å²) in [7, 11) is 1.58. The van der Waals surface area contributed by atoms with Crippen LogP contribution in [0.3, 0.4) is 0 Å². The number of aliphatic hydroxyl groups excluding tert-OH is 1. The first-order valence-electron chi connectivity index (χ1n) is 16.2. The second-order valence-electron chi connectivity index (χ2n) is 12.4. The predicted octanol–water partition coefficient (Wildman–Crippen LogP) is 5.71. The molecule has 0 spiro atoms. The molecule has 0 aliphatic heterocycles. The van der Waals surface area contributed by atoms with Gasteiger partial charge in [-0.1, -0.05) is 64.1 Å². The molecule has 0 heterocycles. The lowest BCUT2D eigenvalue weighted by atomic mass is 9.65. The third-order valence-electron chi connectivity index (χ3n) is 8.92. The molecule has 0 saturated carbocycles. The van der Waals surface area contributed by atoms with Crippen LogP contribution >= 0.6 is 0 Å². The fourth-order valence-electron chi connectivity index (χ4n) is 6.31. The van der Waals surface area contributed by atoms with Gasteiger partial charge in [0.1, 0.15) is 18.0 Å². The summed E-state index contributed by atoms with van der Waals surface area (Å²) in [6.07, 6.45) is 7.03. The zero-order valence-corrected chi connectivity index (χ0v) is 27.2. The van der Waals surface area contributed by atoms with Crippen LogP contribution in [0.5, 0.6) is 5.75 Å². The maximum absolute atomic E-state index is 12.8. The van der Waals surface area contributed by atoms with E-state index in [1.807, 2.05) is 45.0 Å². The van der Waals surface area contributed by atoms with Gasteiger partial charge in [-0.05, 0) is 62.0 Å². The highest BCUT2D eigenvalue weighted by Gasteiger charge is 2.42. The van der Waals surface area contributed by atoms with Gasteiger partial charge in [0.25, 0.3) is 0 Å². The summed E-state index contributed by atoms with van der Waals surface area (Å²) in [6.45, 7) is 10.7. The lowest BCUT2D eigenvalue weighted by molar-refractivity contribution is -0.158. The number of amides is 2. The van der Waals surface area contributed by atoms with Crippen LogP contribution in [-0.4, -0.2) is 55.0 Å². The van der Waals surface area contributed by atoms with Crippen molar-refractivity contribution in [3.8, 4) is 5.75 Å². The fourth-order valence-corrected chi connectivity index (χ4v) is 6.31. The number of methoxy groups -OCH3 is 1. The molecule has 244 valence electrons. The van der Waals surface area contributed by atoms with Gasteiger partial charge in [0.2, 0.25) is 5.91 Å². The molecule has 8 atom stereocenters. The van der Waals surface area contributed by atoms with Crippen molar-refractivity contribution in [2.24, 2.45) is 29.6 Å². The molecule has 1 aromatic rings. The topological polar surface area (TPSA) is 123 Å². The van der Waals surface area contributed by atoms with E-state index in [2.05, 4.69) is 42.7 Å². The van der Waals surface area contributed by atoms with E-state index in [1.165, 1.54) is 5.57 Å². The number of alkyl carbamates (subject to hydrolysis) is 1. The summed E-state index contributed by atoms with van der Waals surface area (Å²) in [5.74, 6) is 0.805. The highest BCUT2D eigenvalue weighted by atomic mass is 16.6. The number of para-hydroxylation sites is 1. The molecule has 0 bridgehead atoms. The molecule has 9 heteroatoms. The average molecular weight is 613 g/mol. The van der Waals surface area contributed by atoms with Crippen LogP contribution in [0.15, 0.2) is 48.1 Å². The third kappa shape index (κ3) is 10.1. The van der Waals surface area contributed by atoms with Crippen molar-refractivity contribution in [2.75, 3.05) is 13.7 Å². The van der Waals surface area contributed by atoms with Crippen molar-refractivity contribution >= 4 is 18.0 Å². The molecule has 3 N–H and O–H groups in total. The van der Waals surface area contributed by atoms with E-state index in [0.717, 1.165) is 18.4 Å². The van der Waals surface area contributed by atoms with Crippen LogP contribution in [0, 0.1) is 29.6 Å². The van der Waals surface area contributed by atoms with Crippen molar-refractivity contribution in [3.05, 3.63) is 53.6 Å². The van der Waals surface area contributed by atoms with E-state index < -0.39 is 18.3 Å². The van der Waals surface area contributed by atoms with E-state index in [0.29, 0.717) is 31.1 Å². The Morgan fingerprint density at radius 1 is 1.11 bits per heavy atom. The second kappa shape index (κ2) is 17.2. The zero-order chi connectivity index (χ0) is 32.2. The van der Waals surface area contributed by atoms with Crippen LogP contribution in [-0.2, 0) is 25.6 Å². The standard InChI is InChI=1S/C35H52N2O7/c1-7-23(4)34(40)44-31-18-22(3)17-25-14-13-24(5)29(33(25)31)16-15-28(43-35(41)36-8-2)19-27(38)20-32(39)37-21-26-11-9-10-12-30(26)42-6/h9-14,17,22-24,27-29,31,33,38H,7-8,15-16,18-21H2,1-6H3,(H,36,41)(H,37,39)/t22?,23?,24?,27?,28?,29?,31?,33-/m0/s1. The maximum atomic E-state index is 12.8. The lowest BCUT2D eigenvalue weighted by Crippen LogP contribution is -2.42. The molecule has 9 nitrogen and oxygen atoms in total. The molecule has 3 rings (SSSR count). The fraction of sp³-hybridized carbons (Fsp3) is 0.629. The lowest BCUT2D eigenvalue weighted by Gasteiger charge is -2.43. The Bertz CT molecular complexity index is 1170. The summed E-state index contributed by atoms with van der Waals surface area (Å²) in [5.41, 5.74) is 2.03. The number of benzene rings is 1. The summed E-state index contributed by atoms with van der Waals surface area (Å²) in [4.78, 5) is 37.9. The number of ether oxygens (including phenoxy) is 3. The number of esters is 1. The number of fused-ring (bicyclic) bond motifs is 1. The Morgan fingerprint density at radius 2 is 1.86 bits per heavy atom. The van der Waals surface area contributed by atoms with E-state index in [4.69, 9.17) is 14.2 Å². The van der Waals surface area contributed by atoms with Gasteiger partial charge in [0, 0.05) is 31.0 Å². The van der Waals surface area contributed by atoms with Gasteiger partial charge in [0.05, 0.1) is 25.6 Å². The quantitative estimate of drug-likeness (QED) is 0.217. The Morgan fingerprint density at radius 3 is 2.57 bits per heavy atom. The Labute approximate surface area is 262 Å². The first-order valence-corrected chi connectivity index (χ1v) is 16.2. The van der Waals surface area contributed by atoms with Crippen LogP contribution in [0.4, 0.5) is 4.79 Å². The van der Waals surface area contributed by atoms with E-state index in [9.17, 15) is 19.5 Å². The van der Waals surface area contributed by atoms with Gasteiger partial charge in [-0.2, -0.15) is 0 Å². The molecule has 7 unspecified atom stereocenters. The minimum absolute atomic E-state index is 0.0509. The molecule has 0 fully saturated rings. The van der Waals surface area contributed by atoms with Gasteiger partial charge >= 0.3 is 12.1 Å². The molecule has 0 aromatic heterocycles. The molecular formula is C35H52N2O7. The molecular weight excluding hydrogens is 560 g/mol. The van der Waals surface area contributed by atoms with Crippen LogP contribution in [0.1, 0.15) is 78.7 Å². The zero-order valence-electron chi connectivity index (χ0n) is 27.2. The minimum Gasteiger partial charge on any atom is -0.496 e. The van der Waals surface area contributed by atoms with Crippen molar-refractivity contribution in [3.63, 3.8) is 0 Å². The molecule has 1 aromatic carbocycles. The summed E-state index contributed by atoms with van der Waals surface area (Å²) < 4.78 is 17.2. The number of aliphatic hydroxyl groups is 1. The van der Waals surface area contributed by atoms with E-state index in [1.54, 1.807) is 7.11 Å². The maximum Gasteiger partial charge on any atom is 0.407 e. The number of nitrogens with one attached hydrogen (secondary N) is 2. The van der Waals surface area contributed by atoms with Gasteiger partial charge in [-0.15, -0.1) is 0 Å². The summed E-state index contributed by atoms with van der Waals surface area (Å²) in [5, 5.41) is 16.4. The van der Waals surface area contributed by atoms with Crippen LogP contribution < -0.4 is 15.4 Å². The van der Waals surface area contributed by atoms with Gasteiger partial charge in [-0.3, -0.25) is 9.59 Å². The molecule has 2 aliphatic rings. The average Bonchev–Trinajstić information content (AvgIpc) is 2.99. The number of hydrogen-bond acceptors (Lipinski definition) is 7. The minimum atomic E-state index is -0.994. The van der Waals surface area contributed by atoms with Crippen LogP contribution in [0.25, 0.3) is 0 Å². The smallest absolute Gasteiger partial charge is 0.407 e. The molecule has 2 aliphatic carbocycles. The van der Waals surface area contributed by atoms with Crippen molar-refractivity contribution in [1.82, 2.24) is 10.6 Å². The second-order valence-corrected chi connectivity index (χ2v) is 12.4. The number of hydrogen-bond donors (Lipinski definition) is 3. The van der Waals surface area contributed by atoms with Crippen molar-refractivity contribution < 1.29 is 33.7 Å². The predicted molar refractivity (Wildman–Crippen MR) is 170 cm³/mol. The highest BCUT2D eigenvalue weighted by molar-refractivity contribution is 5.76. The summed E-state index contributed by atoms with van der Waals surface area (Å²) in [6, 6.07) is 7.43. The van der Waals surface area contributed by atoms with Crippen molar-refractivity contribution in [1.29, 1.82) is 0 Å². The highest BCUT2D eigenvalue weighted by Crippen LogP contribution is 2.45. The largest absolute Gasteiger partial charge is 0.496 e. The number of carbonyl (C=O) groups excluding carboxylic acids is 3. The molecule has 44 heavy (non-hydrogen) atoms. The Balaban J connectivity index is 1.67. The van der Waals surface area contributed by atoms with E-state index >= 15 is 0 Å². The van der Waals surface area contributed by atoms with Crippen molar-refractivity contribution in [2.45, 2.75) is 98.0 Å². The first kappa shape index (κ1) is 35.2. The summed E-state index contributed by atoms with van der Waals surface area (Å²) >= 11 is 0. The normalized spacial score (nSPS) is 24.6. The Hall–Kier alpha value is -3.33. The van der Waals surface area contributed by atoms with Crippen LogP contribution in [0.2, 0.25) is 0 Å².